The van der Waals surface area contributed by atoms with Crippen molar-refractivity contribution in [2.24, 2.45) is 0 Å². The molecule has 0 heterocycles. The first-order chi connectivity index (χ1) is 9.04. The summed E-state index contributed by atoms with van der Waals surface area (Å²) in [6, 6.07) is 7.57. The van der Waals surface area contributed by atoms with Gasteiger partial charge in [0.1, 0.15) is 6.04 Å². The van der Waals surface area contributed by atoms with Crippen LogP contribution in [0.2, 0.25) is 0 Å². The lowest BCUT2D eigenvalue weighted by Gasteiger charge is -2.20. The molecule has 0 fully saturated rings. The molecular weight excluding hydrogens is 248 g/mol. The van der Waals surface area contributed by atoms with Crippen molar-refractivity contribution in [3.05, 3.63) is 35.9 Å². The van der Waals surface area contributed by atoms with Crippen LogP contribution in [0.1, 0.15) is 5.56 Å². The number of nitrogens with one attached hydrogen (secondary N) is 1. The Labute approximate surface area is 111 Å². The number of carbonyl (C=O) groups excluding carboxylic acids is 1. The number of amides is 2. The molecule has 0 saturated carbocycles. The second-order valence-corrected chi connectivity index (χ2v) is 4.18. The maximum atomic E-state index is 11.7. The number of rotatable bonds is 6. The Balaban J connectivity index is 2.64. The number of nitrogens with zero attached hydrogens (tertiary/aromatic N) is 1. The number of carboxylic acid groups (broad SMARTS) is 1. The Morgan fingerprint density at radius 3 is 2.47 bits per heavy atom. The summed E-state index contributed by atoms with van der Waals surface area (Å²) in [6.07, 6.45) is 0.217. The molecule has 1 atom stereocenters. The lowest BCUT2D eigenvalue weighted by molar-refractivity contribution is -0.139. The molecule has 0 aliphatic rings. The summed E-state index contributed by atoms with van der Waals surface area (Å²) >= 11 is 0. The first kappa shape index (κ1) is 15.0. The molecule has 1 rings (SSSR count). The van der Waals surface area contributed by atoms with Crippen LogP contribution < -0.4 is 5.32 Å². The Morgan fingerprint density at radius 1 is 1.32 bits per heavy atom. The Bertz CT molecular complexity index is 422. The SMILES string of the molecule is CN(CCO)C(=O)N[C@@H](Cc1ccccc1)C(=O)O. The number of hydrogen-bond donors (Lipinski definition) is 3. The van der Waals surface area contributed by atoms with Gasteiger partial charge in [-0.1, -0.05) is 30.3 Å². The van der Waals surface area contributed by atoms with Gasteiger partial charge >= 0.3 is 12.0 Å². The topological polar surface area (TPSA) is 89.9 Å². The molecule has 3 N–H and O–H groups in total. The van der Waals surface area contributed by atoms with Gasteiger partial charge in [-0.3, -0.25) is 0 Å². The van der Waals surface area contributed by atoms with E-state index in [0.29, 0.717) is 0 Å². The third kappa shape index (κ3) is 4.97. The zero-order valence-corrected chi connectivity index (χ0v) is 10.7. The maximum Gasteiger partial charge on any atom is 0.326 e. The van der Waals surface area contributed by atoms with E-state index in [1.165, 1.54) is 11.9 Å². The van der Waals surface area contributed by atoms with E-state index in [1.54, 1.807) is 12.1 Å². The summed E-state index contributed by atoms with van der Waals surface area (Å²) in [5.74, 6) is -1.09. The van der Waals surface area contributed by atoms with E-state index in [2.05, 4.69) is 5.32 Å². The second kappa shape index (κ2) is 7.38. The van der Waals surface area contributed by atoms with Crippen molar-refractivity contribution in [3.8, 4) is 0 Å². The Kier molecular flexibility index (Phi) is 5.81. The van der Waals surface area contributed by atoms with Crippen LogP contribution in [0.3, 0.4) is 0 Å². The first-order valence-corrected chi connectivity index (χ1v) is 5.93. The van der Waals surface area contributed by atoms with Gasteiger partial charge in [-0.2, -0.15) is 0 Å². The highest BCUT2D eigenvalue weighted by atomic mass is 16.4. The number of carboxylic acids is 1. The van der Waals surface area contributed by atoms with E-state index in [9.17, 15) is 9.59 Å². The fraction of sp³-hybridized carbons (Fsp3) is 0.385. The van der Waals surface area contributed by atoms with Crippen LogP contribution in [-0.2, 0) is 11.2 Å². The zero-order chi connectivity index (χ0) is 14.3. The van der Waals surface area contributed by atoms with Gasteiger partial charge in [0.05, 0.1) is 6.61 Å². The molecule has 2 amide bonds. The van der Waals surface area contributed by atoms with Gasteiger partial charge in [0, 0.05) is 20.0 Å². The minimum absolute atomic E-state index is 0.156. The Hall–Kier alpha value is -2.08. The number of hydrogen-bond acceptors (Lipinski definition) is 3. The molecule has 104 valence electrons. The minimum atomic E-state index is -1.09. The third-order valence-electron chi connectivity index (χ3n) is 2.66. The monoisotopic (exact) mass is 266 g/mol. The van der Waals surface area contributed by atoms with E-state index < -0.39 is 18.0 Å². The summed E-state index contributed by atoms with van der Waals surface area (Å²) in [6.45, 7) is -0.0101. The molecule has 0 bridgehead atoms. The Morgan fingerprint density at radius 2 is 1.95 bits per heavy atom. The number of aliphatic carboxylic acids is 1. The van der Waals surface area contributed by atoms with Gasteiger partial charge in [0.2, 0.25) is 0 Å². The van der Waals surface area contributed by atoms with E-state index in [4.69, 9.17) is 10.2 Å². The fourth-order valence-corrected chi connectivity index (χ4v) is 1.56. The molecule has 1 aromatic carbocycles. The predicted octanol–water partition coefficient (Wildman–Crippen LogP) is 0.316. The summed E-state index contributed by atoms with van der Waals surface area (Å²) < 4.78 is 0. The first-order valence-electron chi connectivity index (χ1n) is 5.93. The lowest BCUT2D eigenvalue weighted by atomic mass is 10.1. The van der Waals surface area contributed by atoms with Gasteiger partial charge < -0.3 is 20.4 Å². The molecule has 6 heteroatoms. The van der Waals surface area contributed by atoms with Gasteiger partial charge in [0.25, 0.3) is 0 Å². The van der Waals surface area contributed by atoms with Crippen LogP contribution in [0.25, 0.3) is 0 Å². The van der Waals surface area contributed by atoms with E-state index >= 15 is 0 Å². The molecule has 0 aliphatic heterocycles. The van der Waals surface area contributed by atoms with E-state index in [-0.39, 0.29) is 19.6 Å². The molecule has 1 aromatic rings. The highest BCUT2D eigenvalue weighted by Gasteiger charge is 2.21. The summed E-state index contributed by atoms with van der Waals surface area (Å²) in [5.41, 5.74) is 0.833. The average molecular weight is 266 g/mol. The molecule has 0 unspecified atom stereocenters. The van der Waals surface area contributed by atoms with Gasteiger partial charge in [-0.05, 0) is 5.56 Å². The normalized spacial score (nSPS) is 11.7. The number of aliphatic hydroxyl groups excluding tert-OH is 1. The second-order valence-electron chi connectivity index (χ2n) is 4.18. The van der Waals surface area contributed by atoms with Crippen molar-refractivity contribution in [2.75, 3.05) is 20.2 Å². The number of urea groups is 1. The van der Waals surface area contributed by atoms with E-state index in [0.717, 1.165) is 5.56 Å². The van der Waals surface area contributed by atoms with Crippen molar-refractivity contribution in [1.29, 1.82) is 0 Å². The van der Waals surface area contributed by atoms with Crippen molar-refractivity contribution in [3.63, 3.8) is 0 Å². The summed E-state index contributed by atoms with van der Waals surface area (Å²) in [4.78, 5) is 24.1. The van der Waals surface area contributed by atoms with Crippen LogP contribution in [0.4, 0.5) is 4.79 Å². The van der Waals surface area contributed by atoms with Crippen molar-refractivity contribution in [1.82, 2.24) is 10.2 Å². The number of carbonyl (C=O) groups is 2. The molecule has 6 nitrogen and oxygen atoms in total. The van der Waals surface area contributed by atoms with Crippen LogP contribution in [-0.4, -0.2) is 53.4 Å². The quantitative estimate of drug-likeness (QED) is 0.691. The van der Waals surface area contributed by atoms with Gasteiger partial charge in [-0.15, -0.1) is 0 Å². The smallest absolute Gasteiger partial charge is 0.326 e. The number of benzene rings is 1. The number of aliphatic hydroxyl groups is 1. The molecule has 19 heavy (non-hydrogen) atoms. The molecule has 0 radical (unpaired) electrons. The van der Waals surface area contributed by atoms with Crippen molar-refractivity contribution >= 4 is 12.0 Å². The zero-order valence-electron chi connectivity index (χ0n) is 10.7. The standard InChI is InChI=1S/C13H18N2O4/c1-15(7-8-16)13(19)14-11(12(17)18)9-10-5-3-2-4-6-10/h2-6,11,16H,7-9H2,1H3,(H,14,19)(H,17,18)/t11-/m0/s1. The molecule has 0 aliphatic carbocycles. The highest BCUT2D eigenvalue weighted by molar-refractivity contribution is 5.82. The van der Waals surface area contributed by atoms with Crippen LogP contribution in [0, 0.1) is 0 Å². The molecule has 0 saturated heterocycles. The molecule has 0 aromatic heterocycles. The number of likely N-dealkylation sites (N-methyl/N-ethyl adjacent to an activating group) is 1. The summed E-state index contributed by atoms with van der Waals surface area (Å²) in [7, 11) is 1.49. The largest absolute Gasteiger partial charge is 0.480 e. The summed E-state index contributed by atoms with van der Waals surface area (Å²) in [5, 5.41) is 20.3. The fourth-order valence-electron chi connectivity index (χ4n) is 1.56. The highest BCUT2D eigenvalue weighted by Crippen LogP contribution is 2.04. The maximum absolute atomic E-state index is 11.7. The van der Waals surface area contributed by atoms with Crippen molar-refractivity contribution < 1.29 is 19.8 Å². The van der Waals surface area contributed by atoms with Crippen LogP contribution in [0.5, 0.6) is 0 Å². The van der Waals surface area contributed by atoms with Crippen molar-refractivity contribution in [2.45, 2.75) is 12.5 Å². The average Bonchev–Trinajstić information content (AvgIpc) is 2.39. The van der Waals surface area contributed by atoms with Gasteiger partial charge in [0.15, 0.2) is 0 Å². The predicted molar refractivity (Wildman–Crippen MR) is 69.8 cm³/mol. The third-order valence-corrected chi connectivity index (χ3v) is 2.66. The van der Waals surface area contributed by atoms with Gasteiger partial charge in [-0.25, -0.2) is 9.59 Å². The van der Waals surface area contributed by atoms with E-state index in [1.807, 2.05) is 18.2 Å². The molecular formula is C13H18N2O4. The van der Waals surface area contributed by atoms with Crippen LogP contribution >= 0.6 is 0 Å². The molecule has 0 spiro atoms. The minimum Gasteiger partial charge on any atom is -0.480 e. The lowest BCUT2D eigenvalue weighted by Crippen LogP contribution is -2.48. The van der Waals surface area contributed by atoms with Crippen LogP contribution in [0.15, 0.2) is 30.3 Å².